The summed E-state index contributed by atoms with van der Waals surface area (Å²) in [5, 5.41) is 3.76. The molecule has 1 aromatic rings. The van der Waals surface area contributed by atoms with E-state index in [2.05, 4.69) is 10.5 Å². The summed E-state index contributed by atoms with van der Waals surface area (Å²) in [6, 6.07) is 7.17. The molecule has 0 heterocycles. The van der Waals surface area contributed by atoms with Crippen LogP contribution in [-0.4, -0.2) is 24.7 Å². The van der Waals surface area contributed by atoms with Crippen LogP contribution in [0.5, 0.6) is 5.75 Å². The lowest BCUT2D eigenvalue weighted by molar-refractivity contribution is -0.115. The van der Waals surface area contributed by atoms with E-state index in [0.717, 1.165) is 11.3 Å². The third-order valence-corrected chi connectivity index (χ3v) is 2.37. The van der Waals surface area contributed by atoms with Crippen molar-refractivity contribution in [1.29, 1.82) is 0 Å². The zero-order valence-electron chi connectivity index (χ0n) is 11.8. The van der Waals surface area contributed by atoms with Gasteiger partial charge < -0.3 is 9.47 Å². The highest BCUT2D eigenvalue weighted by molar-refractivity contribution is 5.99. The number of nitrogens with zero attached hydrogens (tertiary/aromatic N) is 1. The van der Waals surface area contributed by atoms with Crippen LogP contribution in [0.25, 0.3) is 0 Å². The van der Waals surface area contributed by atoms with E-state index in [1.54, 1.807) is 38.3 Å². The summed E-state index contributed by atoms with van der Waals surface area (Å²) >= 11 is 0. The lowest BCUT2D eigenvalue weighted by Gasteiger charge is -2.05. The normalized spacial score (nSPS) is 10.8. The summed E-state index contributed by atoms with van der Waals surface area (Å²) in [6.45, 7) is 3.25. The zero-order chi connectivity index (χ0) is 15.0. The maximum Gasteiger partial charge on any atom is 0.428 e. The van der Waals surface area contributed by atoms with Gasteiger partial charge in [-0.05, 0) is 31.5 Å². The van der Waals surface area contributed by atoms with E-state index >= 15 is 0 Å². The fourth-order valence-corrected chi connectivity index (χ4v) is 1.44. The molecule has 0 radical (unpaired) electrons. The molecule has 20 heavy (non-hydrogen) atoms. The molecular formula is C14H18N2O4. The molecule has 0 spiro atoms. The number of carbonyl (C=O) groups excluding carboxylic acids is 2. The van der Waals surface area contributed by atoms with Crippen LogP contribution in [0.1, 0.15) is 25.8 Å². The molecule has 0 bridgehead atoms. The molecule has 1 amide bonds. The lowest BCUT2D eigenvalue weighted by Crippen LogP contribution is -2.20. The highest BCUT2D eigenvalue weighted by Gasteiger charge is 2.03. The van der Waals surface area contributed by atoms with Crippen molar-refractivity contribution in [3.8, 4) is 5.75 Å². The van der Waals surface area contributed by atoms with E-state index in [4.69, 9.17) is 9.47 Å². The monoisotopic (exact) mass is 278 g/mol. The van der Waals surface area contributed by atoms with Crippen molar-refractivity contribution in [1.82, 2.24) is 5.43 Å². The minimum absolute atomic E-state index is 0.0142. The van der Waals surface area contributed by atoms with Crippen molar-refractivity contribution in [3.05, 3.63) is 29.8 Å². The van der Waals surface area contributed by atoms with Gasteiger partial charge in [-0.2, -0.15) is 5.10 Å². The second kappa shape index (κ2) is 7.93. The molecule has 0 fully saturated rings. The van der Waals surface area contributed by atoms with Crippen molar-refractivity contribution in [2.24, 2.45) is 5.10 Å². The summed E-state index contributed by atoms with van der Waals surface area (Å²) in [6.07, 6.45) is -0.456. The third kappa shape index (κ3) is 5.99. The van der Waals surface area contributed by atoms with Crippen molar-refractivity contribution in [3.63, 3.8) is 0 Å². The number of methoxy groups -OCH3 is 1. The van der Waals surface area contributed by atoms with Gasteiger partial charge in [0, 0.05) is 12.1 Å². The molecule has 1 aromatic carbocycles. The minimum Gasteiger partial charge on any atom is -0.497 e. The van der Waals surface area contributed by atoms with E-state index in [1.807, 2.05) is 0 Å². The van der Waals surface area contributed by atoms with Crippen LogP contribution < -0.4 is 10.2 Å². The predicted molar refractivity (Wildman–Crippen MR) is 74.7 cm³/mol. The molecule has 6 heteroatoms. The van der Waals surface area contributed by atoms with Crippen LogP contribution in [0.2, 0.25) is 0 Å². The van der Waals surface area contributed by atoms with Gasteiger partial charge in [-0.25, -0.2) is 10.2 Å². The molecule has 108 valence electrons. The lowest BCUT2D eigenvalue weighted by atomic mass is 10.2. The number of Topliss-reactive ketones (excluding diaryl/α,β-unsaturated/α-hetero) is 1. The Morgan fingerprint density at radius 3 is 2.40 bits per heavy atom. The molecule has 0 unspecified atom stereocenters. The Morgan fingerprint density at radius 1 is 1.20 bits per heavy atom. The number of ketones is 1. The smallest absolute Gasteiger partial charge is 0.428 e. The van der Waals surface area contributed by atoms with E-state index in [-0.39, 0.29) is 18.8 Å². The Bertz CT molecular complexity index is 494. The Kier molecular flexibility index (Phi) is 6.22. The fourth-order valence-electron chi connectivity index (χ4n) is 1.44. The number of rotatable bonds is 6. The number of hydrogen-bond donors (Lipinski definition) is 1. The van der Waals surface area contributed by atoms with Crippen molar-refractivity contribution < 1.29 is 19.1 Å². The van der Waals surface area contributed by atoms with Crippen molar-refractivity contribution >= 4 is 17.6 Å². The quantitative estimate of drug-likeness (QED) is 0.639. The Labute approximate surface area is 117 Å². The summed E-state index contributed by atoms with van der Waals surface area (Å²) in [5.41, 5.74) is 3.60. The maximum absolute atomic E-state index is 11.4. The first-order valence-electron chi connectivity index (χ1n) is 6.09. The number of hydrazone groups is 1. The van der Waals surface area contributed by atoms with Crippen LogP contribution >= 0.6 is 0 Å². The molecule has 0 aromatic heterocycles. The summed E-state index contributed by atoms with van der Waals surface area (Å²) in [7, 11) is 1.58. The van der Waals surface area contributed by atoms with E-state index < -0.39 is 6.09 Å². The molecule has 0 aliphatic rings. The molecule has 1 rings (SSSR count). The zero-order valence-corrected chi connectivity index (χ0v) is 11.8. The molecule has 0 aliphatic heterocycles. The van der Waals surface area contributed by atoms with Gasteiger partial charge >= 0.3 is 6.09 Å². The molecule has 0 saturated heterocycles. The van der Waals surface area contributed by atoms with Crippen LogP contribution in [-0.2, 0) is 16.1 Å². The van der Waals surface area contributed by atoms with Gasteiger partial charge in [-0.1, -0.05) is 12.1 Å². The number of amides is 1. The Hall–Kier alpha value is -2.37. The first-order chi connectivity index (χ1) is 9.51. The van der Waals surface area contributed by atoms with Gasteiger partial charge in [0.25, 0.3) is 0 Å². The average Bonchev–Trinajstić information content (AvgIpc) is 2.42. The first-order valence-corrected chi connectivity index (χ1v) is 6.09. The number of nitrogens with one attached hydrogen (secondary N) is 1. The van der Waals surface area contributed by atoms with Gasteiger partial charge in [-0.3, -0.25) is 4.79 Å². The summed E-state index contributed by atoms with van der Waals surface area (Å²) in [5.74, 6) is 0.724. The SMILES string of the molecule is COc1ccc(COC(=O)N/N=C(/C)CC(C)=O)cc1. The van der Waals surface area contributed by atoms with Crippen LogP contribution in [0.4, 0.5) is 4.79 Å². The largest absolute Gasteiger partial charge is 0.497 e. The third-order valence-electron chi connectivity index (χ3n) is 2.37. The number of benzene rings is 1. The molecule has 0 saturated carbocycles. The van der Waals surface area contributed by atoms with Gasteiger partial charge in [-0.15, -0.1) is 0 Å². The van der Waals surface area contributed by atoms with E-state index in [9.17, 15) is 9.59 Å². The summed E-state index contributed by atoms with van der Waals surface area (Å²) < 4.78 is 10.0. The highest BCUT2D eigenvalue weighted by Crippen LogP contribution is 2.11. The standard InChI is InChI=1S/C14H18N2O4/c1-10(8-11(2)17)15-16-14(18)20-9-12-4-6-13(19-3)7-5-12/h4-7H,8-9H2,1-3H3,(H,16,18)/b15-10-. The number of ether oxygens (including phenoxy) is 2. The van der Waals surface area contributed by atoms with Crippen molar-refractivity contribution in [2.75, 3.05) is 7.11 Å². The molecule has 6 nitrogen and oxygen atoms in total. The number of hydrogen-bond acceptors (Lipinski definition) is 5. The molecular weight excluding hydrogens is 260 g/mol. The predicted octanol–water partition coefficient (Wildman–Crippen LogP) is 2.28. The fraction of sp³-hybridized carbons (Fsp3) is 0.357. The van der Waals surface area contributed by atoms with Gasteiger partial charge in [0.05, 0.1) is 7.11 Å². The molecule has 0 atom stereocenters. The van der Waals surface area contributed by atoms with Gasteiger partial charge in [0.2, 0.25) is 0 Å². The van der Waals surface area contributed by atoms with Gasteiger partial charge in [0.15, 0.2) is 0 Å². The average molecular weight is 278 g/mol. The Balaban J connectivity index is 2.37. The Morgan fingerprint density at radius 2 is 1.85 bits per heavy atom. The van der Waals surface area contributed by atoms with Crippen LogP contribution in [0.15, 0.2) is 29.4 Å². The van der Waals surface area contributed by atoms with Crippen LogP contribution in [0, 0.1) is 0 Å². The van der Waals surface area contributed by atoms with Crippen molar-refractivity contribution in [2.45, 2.75) is 26.9 Å². The van der Waals surface area contributed by atoms with Crippen LogP contribution in [0.3, 0.4) is 0 Å². The second-order valence-electron chi connectivity index (χ2n) is 4.26. The second-order valence-corrected chi connectivity index (χ2v) is 4.26. The minimum atomic E-state index is -0.663. The highest BCUT2D eigenvalue weighted by atomic mass is 16.6. The topological polar surface area (TPSA) is 77.0 Å². The van der Waals surface area contributed by atoms with E-state index in [1.165, 1.54) is 6.92 Å². The first kappa shape index (κ1) is 15.7. The van der Waals surface area contributed by atoms with E-state index in [0.29, 0.717) is 5.71 Å². The molecule has 1 N–H and O–H groups in total. The summed E-state index contributed by atoms with van der Waals surface area (Å²) in [4.78, 5) is 22.2. The number of carbonyl (C=O) groups is 2. The maximum atomic E-state index is 11.4. The van der Waals surface area contributed by atoms with Gasteiger partial charge in [0.1, 0.15) is 18.1 Å². The molecule has 0 aliphatic carbocycles.